The average molecular weight is 714 g/mol. The van der Waals surface area contributed by atoms with Gasteiger partial charge in [0.05, 0.1) is 35.6 Å². The van der Waals surface area contributed by atoms with Crippen LogP contribution in [0.25, 0.3) is 11.5 Å². The van der Waals surface area contributed by atoms with Crippen molar-refractivity contribution in [1.29, 1.82) is 10.7 Å². The van der Waals surface area contributed by atoms with Crippen LogP contribution in [0.1, 0.15) is 79.7 Å². The maximum atomic E-state index is 10.1. The zero-order valence-corrected chi connectivity index (χ0v) is 30.3. The largest absolute Gasteiger partial charge is 0.473 e. The van der Waals surface area contributed by atoms with Gasteiger partial charge in [0, 0.05) is 46.9 Å². The van der Waals surface area contributed by atoms with Crippen LogP contribution in [-0.2, 0) is 23.0 Å². The molecule has 270 valence electrons. The second-order valence-electron chi connectivity index (χ2n) is 14.8. The van der Waals surface area contributed by atoms with Crippen molar-refractivity contribution in [3.05, 3.63) is 57.6 Å². The number of likely N-dealkylation sites (N-methyl/N-ethyl adjacent to an activating group) is 1. The predicted octanol–water partition coefficient (Wildman–Crippen LogP) is 4.42. The van der Waals surface area contributed by atoms with Gasteiger partial charge >= 0.3 is 0 Å². The van der Waals surface area contributed by atoms with Crippen LogP contribution < -0.4 is 27.4 Å². The van der Waals surface area contributed by atoms with Gasteiger partial charge in [0.2, 0.25) is 5.88 Å². The number of hydrogen-bond acceptors (Lipinski definition) is 15. The van der Waals surface area contributed by atoms with E-state index in [2.05, 4.69) is 42.3 Å². The van der Waals surface area contributed by atoms with Crippen molar-refractivity contribution in [2.75, 3.05) is 44.4 Å². The van der Waals surface area contributed by atoms with Gasteiger partial charge in [-0.3, -0.25) is 10.3 Å². The Balaban J connectivity index is 1.18. The Hall–Kier alpha value is -4.49. The molecule has 0 bridgehead atoms. The van der Waals surface area contributed by atoms with Crippen molar-refractivity contribution in [2.24, 2.45) is 17.0 Å². The highest BCUT2D eigenvalue weighted by Crippen LogP contribution is 2.55. The number of aryl methyl sites for hydroxylation is 1. The number of nitriles is 1. The van der Waals surface area contributed by atoms with Crippen LogP contribution in [0, 0.1) is 22.2 Å². The third-order valence-electron chi connectivity index (χ3n) is 10.8. The fourth-order valence-corrected chi connectivity index (χ4v) is 9.42. The summed E-state index contributed by atoms with van der Waals surface area (Å²) in [5.74, 6) is 8.18. The average Bonchev–Trinajstić information content (AvgIpc) is 3.81. The minimum absolute atomic E-state index is 0.0270. The summed E-state index contributed by atoms with van der Waals surface area (Å²) in [4.78, 5) is 13.2. The van der Waals surface area contributed by atoms with E-state index in [4.69, 9.17) is 46.7 Å². The van der Waals surface area contributed by atoms with Crippen LogP contribution in [-0.4, -0.2) is 76.2 Å². The number of likely N-dealkylation sites (tertiary alicyclic amines) is 1. The maximum Gasteiger partial charge on any atom is 0.219 e. The molecule has 2 aliphatic heterocycles. The fraction of sp³-hybridized carbons (Fsp3) is 0.528. The molecule has 14 nitrogen and oxygen atoms in total. The van der Waals surface area contributed by atoms with Gasteiger partial charge in [-0.2, -0.15) is 10.2 Å². The normalized spacial score (nSPS) is 23.4. The van der Waals surface area contributed by atoms with Crippen molar-refractivity contribution in [3.63, 3.8) is 0 Å². The summed E-state index contributed by atoms with van der Waals surface area (Å²) < 4.78 is 18.0. The lowest BCUT2D eigenvalue weighted by Gasteiger charge is -2.40. The van der Waals surface area contributed by atoms with Crippen LogP contribution >= 0.6 is 11.3 Å². The maximum absolute atomic E-state index is 10.1. The number of allylic oxidation sites excluding steroid dienone is 1. The number of ether oxygens (including phenoxy) is 2. The zero-order valence-electron chi connectivity index (χ0n) is 29.5. The molecule has 2 aliphatic carbocycles. The molecule has 0 radical (unpaired) electrons. The highest BCUT2D eigenvalue weighted by molar-refractivity contribution is 7.16. The molecule has 15 heteroatoms. The highest BCUT2D eigenvalue weighted by Gasteiger charge is 2.49. The number of thiophene rings is 1. The lowest BCUT2D eigenvalue weighted by atomic mass is 9.63. The minimum Gasteiger partial charge on any atom is -0.473 e. The van der Waals surface area contributed by atoms with Gasteiger partial charge in [0.1, 0.15) is 23.0 Å². The van der Waals surface area contributed by atoms with E-state index < -0.39 is 5.41 Å². The molecule has 2 saturated heterocycles. The summed E-state index contributed by atoms with van der Waals surface area (Å²) in [5.41, 5.74) is 15.5. The second kappa shape index (κ2) is 13.9. The summed E-state index contributed by atoms with van der Waals surface area (Å²) in [6, 6.07) is 4.40. The fourth-order valence-electron chi connectivity index (χ4n) is 8.26. The van der Waals surface area contributed by atoms with E-state index in [0.29, 0.717) is 53.5 Å². The van der Waals surface area contributed by atoms with E-state index >= 15 is 0 Å². The molecule has 1 spiro atoms. The minimum atomic E-state index is -0.457. The van der Waals surface area contributed by atoms with Crippen LogP contribution in [0.15, 0.2) is 34.8 Å². The monoisotopic (exact) mass is 713 g/mol. The predicted molar refractivity (Wildman–Crippen MR) is 196 cm³/mol. The van der Waals surface area contributed by atoms with Crippen molar-refractivity contribution >= 4 is 27.9 Å². The lowest BCUT2D eigenvalue weighted by molar-refractivity contribution is -0.110. The molecule has 3 aromatic heterocycles. The zero-order chi connectivity index (χ0) is 35.9. The molecular weight excluding hydrogens is 667 g/mol. The lowest BCUT2D eigenvalue weighted by Crippen LogP contribution is -2.49. The number of nitrogen functional groups attached to an aromatic ring is 1. The Bertz CT molecular complexity index is 1900. The molecule has 0 unspecified atom stereocenters. The van der Waals surface area contributed by atoms with Crippen molar-refractivity contribution in [2.45, 2.75) is 82.8 Å². The number of hydrazine groups is 1. The second-order valence-corrected chi connectivity index (χ2v) is 15.9. The van der Waals surface area contributed by atoms with Gasteiger partial charge in [-0.15, -0.1) is 11.3 Å². The van der Waals surface area contributed by atoms with E-state index in [-0.39, 0.29) is 29.0 Å². The van der Waals surface area contributed by atoms with Gasteiger partial charge in [-0.1, -0.05) is 12.1 Å². The highest BCUT2D eigenvalue weighted by atomic mass is 32.1. The first-order valence-electron chi connectivity index (χ1n) is 17.7. The van der Waals surface area contributed by atoms with E-state index in [1.165, 1.54) is 21.2 Å². The SMILES string of the molecule is C[C@H](Oc1cc(N/C=C\C(=N)/C(N)=C/N(N)CC2(C)COC2)nc(-c2noc3c2CCC[C@@]32CCCc3sc(N)c(C#N)c32)n1)[C@@H]1CCCN1C. The van der Waals surface area contributed by atoms with Gasteiger partial charge < -0.3 is 35.8 Å². The molecule has 2 fully saturated rings. The summed E-state index contributed by atoms with van der Waals surface area (Å²) in [6.07, 6.45) is 12.0. The first kappa shape index (κ1) is 34.9. The molecular formula is C36H47N11O3S. The molecule has 3 atom stereocenters. The summed E-state index contributed by atoms with van der Waals surface area (Å²) in [5, 5.41) is 28.5. The van der Waals surface area contributed by atoms with Gasteiger partial charge in [-0.25, -0.2) is 10.8 Å². The van der Waals surface area contributed by atoms with Crippen LogP contribution in [0.4, 0.5) is 10.8 Å². The Morgan fingerprint density at radius 2 is 2.08 bits per heavy atom. The van der Waals surface area contributed by atoms with Crippen LogP contribution in [0.5, 0.6) is 5.88 Å². The quantitative estimate of drug-likeness (QED) is 0.106. The van der Waals surface area contributed by atoms with Gasteiger partial charge in [-0.05, 0) is 83.5 Å². The van der Waals surface area contributed by atoms with Crippen molar-refractivity contribution in [1.82, 2.24) is 25.0 Å². The van der Waals surface area contributed by atoms with Gasteiger partial charge in [0.25, 0.3) is 0 Å². The molecule has 7 rings (SSSR count). The van der Waals surface area contributed by atoms with E-state index in [9.17, 15) is 5.26 Å². The number of nitrogens with one attached hydrogen (secondary N) is 2. The topological polar surface area (TPSA) is 214 Å². The number of rotatable bonds is 11. The number of anilines is 2. The number of nitrogens with two attached hydrogens (primary N) is 3. The summed E-state index contributed by atoms with van der Waals surface area (Å²) in [6.45, 7) is 7.05. The van der Waals surface area contributed by atoms with E-state index in [1.807, 2.05) is 0 Å². The Kier molecular flexibility index (Phi) is 9.53. The summed E-state index contributed by atoms with van der Waals surface area (Å²) >= 11 is 1.52. The number of nitrogens with zero attached hydrogens (tertiary/aromatic N) is 6. The molecule has 0 aromatic carbocycles. The summed E-state index contributed by atoms with van der Waals surface area (Å²) in [7, 11) is 2.12. The molecule has 3 aromatic rings. The molecule has 0 amide bonds. The third kappa shape index (κ3) is 6.69. The molecule has 4 aliphatic rings. The molecule has 0 saturated carbocycles. The molecule has 5 heterocycles. The Morgan fingerprint density at radius 1 is 1.29 bits per heavy atom. The molecule has 8 N–H and O–H groups in total. The van der Waals surface area contributed by atoms with Crippen LogP contribution in [0.3, 0.4) is 0 Å². The number of aromatic nitrogens is 3. The Morgan fingerprint density at radius 3 is 2.78 bits per heavy atom. The van der Waals surface area contributed by atoms with Crippen molar-refractivity contribution in [3.8, 4) is 23.5 Å². The standard InChI is InChI=1S/C36H47N11O3S/c1-21(26-8-6-14-46(26)3)49-29-15-28(42-13-10-24(38)25(39)17-47(41)18-35(2)19-48-20-35)43-34(44-29)31-22-7-4-11-36(32(22)50-45-31)12-5-9-27-30(36)23(16-37)33(40)51-27/h10,13,15,17,21,26,38H,4-9,11-12,14,18-20,39-41H2,1-3H3,(H,42,43,44)/b13-10-,25-17-,38-24?/t21-,26-,36-/m0/s1. The number of fused-ring (bicyclic) bond motifs is 4. The van der Waals surface area contributed by atoms with E-state index in [1.54, 1.807) is 24.5 Å². The first-order valence-corrected chi connectivity index (χ1v) is 18.5. The third-order valence-corrected chi connectivity index (χ3v) is 11.8. The van der Waals surface area contributed by atoms with E-state index in [0.717, 1.165) is 74.8 Å². The van der Waals surface area contributed by atoms with Gasteiger partial charge in [0.15, 0.2) is 17.3 Å². The van der Waals surface area contributed by atoms with Crippen molar-refractivity contribution < 1.29 is 14.0 Å². The Labute approximate surface area is 302 Å². The smallest absolute Gasteiger partial charge is 0.219 e. The van der Waals surface area contributed by atoms with Crippen LogP contribution in [0.2, 0.25) is 0 Å². The first-order chi connectivity index (χ1) is 24.5. The number of hydrogen-bond donors (Lipinski definition) is 5. The molecule has 51 heavy (non-hydrogen) atoms.